The number of ether oxygens (including phenoxy) is 1. The zero-order valence-electron chi connectivity index (χ0n) is 11.7. The molecule has 0 saturated carbocycles. The van der Waals surface area contributed by atoms with Gasteiger partial charge in [-0.1, -0.05) is 6.92 Å². The molecule has 2 atom stereocenters. The van der Waals surface area contributed by atoms with Crippen LogP contribution in [0.15, 0.2) is 22.9 Å². The van der Waals surface area contributed by atoms with Gasteiger partial charge < -0.3 is 14.7 Å². The number of rotatable bonds is 5. The van der Waals surface area contributed by atoms with Crippen molar-refractivity contribution >= 4 is 27.8 Å². The summed E-state index contributed by atoms with van der Waals surface area (Å²) in [6.45, 7) is 2.84. The molecule has 114 valence electrons. The predicted octanol–water partition coefficient (Wildman–Crippen LogP) is 1.80. The number of hydrogen-bond acceptors (Lipinski definition) is 4. The monoisotopic (exact) mass is 356 g/mol. The Hall–Kier alpha value is -1.47. The quantitative estimate of drug-likeness (QED) is 0.869. The maximum atomic E-state index is 12.7. The zero-order valence-corrected chi connectivity index (χ0v) is 13.2. The van der Waals surface area contributed by atoms with E-state index in [1.807, 2.05) is 6.92 Å². The first-order valence-corrected chi connectivity index (χ1v) is 7.56. The molecule has 1 aromatic rings. The second-order valence-corrected chi connectivity index (χ2v) is 5.86. The Morgan fingerprint density at radius 1 is 1.48 bits per heavy atom. The van der Waals surface area contributed by atoms with Crippen LogP contribution in [0.1, 0.15) is 23.7 Å². The molecule has 1 N–H and O–H groups in total. The number of carbonyl (C=O) groups is 2. The minimum atomic E-state index is -0.932. The van der Waals surface area contributed by atoms with Gasteiger partial charge in [0.25, 0.3) is 5.91 Å². The average Bonchev–Trinajstić information content (AvgIpc) is 2.93. The van der Waals surface area contributed by atoms with Crippen molar-refractivity contribution in [3.63, 3.8) is 0 Å². The van der Waals surface area contributed by atoms with Crippen LogP contribution in [-0.2, 0) is 9.53 Å². The van der Waals surface area contributed by atoms with Gasteiger partial charge in [-0.3, -0.25) is 14.6 Å². The Labute approximate surface area is 131 Å². The fourth-order valence-electron chi connectivity index (χ4n) is 2.44. The largest absolute Gasteiger partial charge is 0.481 e. The molecular formula is C14H17BrN2O4. The van der Waals surface area contributed by atoms with E-state index >= 15 is 0 Å². The topological polar surface area (TPSA) is 79.7 Å². The van der Waals surface area contributed by atoms with Crippen LogP contribution in [0.4, 0.5) is 0 Å². The van der Waals surface area contributed by atoms with Gasteiger partial charge in [0.15, 0.2) is 0 Å². The summed E-state index contributed by atoms with van der Waals surface area (Å²) < 4.78 is 5.98. The molecule has 7 heteroatoms. The molecule has 1 aromatic heterocycles. The van der Waals surface area contributed by atoms with Gasteiger partial charge in [-0.15, -0.1) is 0 Å². The Balaban J connectivity index is 2.26. The van der Waals surface area contributed by atoms with Crippen molar-refractivity contribution in [3.8, 4) is 0 Å². The lowest BCUT2D eigenvalue weighted by molar-refractivity contribution is -0.142. The summed E-state index contributed by atoms with van der Waals surface area (Å²) in [7, 11) is 0. The summed E-state index contributed by atoms with van der Waals surface area (Å²) in [5.74, 6) is -1.83. The number of carbonyl (C=O) groups excluding carboxylic acids is 1. The van der Waals surface area contributed by atoms with Crippen LogP contribution in [0, 0.1) is 5.92 Å². The van der Waals surface area contributed by atoms with Gasteiger partial charge in [0.05, 0.1) is 24.8 Å². The summed E-state index contributed by atoms with van der Waals surface area (Å²) in [6, 6.07) is 1.25. The molecule has 1 amide bonds. The third kappa shape index (κ3) is 3.59. The van der Waals surface area contributed by atoms with E-state index in [0.717, 1.165) is 6.42 Å². The first kappa shape index (κ1) is 15.9. The number of nitrogens with zero attached hydrogens (tertiary/aromatic N) is 2. The molecule has 2 rings (SSSR count). The minimum absolute atomic E-state index is 0.143. The Bertz CT molecular complexity index is 537. The molecule has 0 aromatic carbocycles. The number of carboxylic acid groups (broad SMARTS) is 1. The molecule has 21 heavy (non-hydrogen) atoms. The van der Waals surface area contributed by atoms with Crippen LogP contribution in [0.5, 0.6) is 0 Å². The normalized spacial score (nSPS) is 21.2. The van der Waals surface area contributed by atoms with Crippen molar-refractivity contribution in [2.75, 3.05) is 19.8 Å². The van der Waals surface area contributed by atoms with Crippen molar-refractivity contribution in [2.24, 2.45) is 5.92 Å². The average molecular weight is 357 g/mol. The van der Waals surface area contributed by atoms with Gasteiger partial charge in [0.1, 0.15) is 5.92 Å². The lowest BCUT2D eigenvalue weighted by Crippen LogP contribution is -2.47. The van der Waals surface area contributed by atoms with Crippen LogP contribution >= 0.6 is 15.9 Å². The molecule has 2 unspecified atom stereocenters. The SMILES string of the molecule is CCCN(C(=O)c1cncc(Br)c1)C1COCC1C(=O)O. The number of amides is 1. The first-order chi connectivity index (χ1) is 10.0. The van der Waals surface area contributed by atoms with Crippen molar-refractivity contribution < 1.29 is 19.4 Å². The Morgan fingerprint density at radius 2 is 2.24 bits per heavy atom. The lowest BCUT2D eigenvalue weighted by Gasteiger charge is -2.30. The van der Waals surface area contributed by atoms with Crippen LogP contribution < -0.4 is 0 Å². The third-order valence-electron chi connectivity index (χ3n) is 3.45. The Morgan fingerprint density at radius 3 is 2.86 bits per heavy atom. The van der Waals surface area contributed by atoms with Gasteiger partial charge in [0, 0.05) is 23.4 Å². The van der Waals surface area contributed by atoms with Crippen LogP contribution in [0.2, 0.25) is 0 Å². The number of pyridine rings is 1. The molecule has 1 fully saturated rings. The van der Waals surface area contributed by atoms with Gasteiger partial charge in [-0.05, 0) is 28.4 Å². The highest BCUT2D eigenvalue weighted by atomic mass is 79.9. The second-order valence-electron chi connectivity index (χ2n) is 4.94. The van der Waals surface area contributed by atoms with E-state index < -0.39 is 17.9 Å². The van der Waals surface area contributed by atoms with Crippen molar-refractivity contribution in [1.29, 1.82) is 0 Å². The Kier molecular flexibility index (Phi) is 5.30. The van der Waals surface area contributed by atoms with E-state index in [0.29, 0.717) is 16.6 Å². The van der Waals surface area contributed by atoms with Crippen molar-refractivity contribution in [2.45, 2.75) is 19.4 Å². The van der Waals surface area contributed by atoms with Crippen LogP contribution in [0.3, 0.4) is 0 Å². The molecule has 0 aliphatic carbocycles. The highest BCUT2D eigenvalue weighted by molar-refractivity contribution is 9.10. The maximum absolute atomic E-state index is 12.7. The van der Waals surface area contributed by atoms with Gasteiger partial charge in [-0.2, -0.15) is 0 Å². The molecule has 2 heterocycles. The summed E-state index contributed by atoms with van der Waals surface area (Å²) in [5.41, 5.74) is 0.439. The molecule has 6 nitrogen and oxygen atoms in total. The molecule has 1 aliphatic heterocycles. The number of halogens is 1. The summed E-state index contributed by atoms with van der Waals surface area (Å²) in [6.07, 6.45) is 3.83. The summed E-state index contributed by atoms with van der Waals surface area (Å²) in [4.78, 5) is 29.5. The highest BCUT2D eigenvalue weighted by Crippen LogP contribution is 2.23. The summed E-state index contributed by atoms with van der Waals surface area (Å²) >= 11 is 3.29. The molecule has 1 saturated heterocycles. The highest BCUT2D eigenvalue weighted by Gasteiger charge is 2.40. The number of aliphatic carboxylic acids is 1. The summed E-state index contributed by atoms with van der Waals surface area (Å²) in [5, 5.41) is 9.26. The molecule has 0 radical (unpaired) electrons. The van der Waals surface area contributed by atoms with E-state index in [2.05, 4.69) is 20.9 Å². The van der Waals surface area contributed by atoms with Gasteiger partial charge in [0.2, 0.25) is 0 Å². The molecular weight excluding hydrogens is 340 g/mol. The fourth-order valence-corrected chi connectivity index (χ4v) is 2.80. The van der Waals surface area contributed by atoms with E-state index in [9.17, 15) is 14.7 Å². The second kappa shape index (κ2) is 7.00. The number of hydrogen-bond donors (Lipinski definition) is 1. The number of carboxylic acids is 1. The standard InChI is InChI=1S/C14H17BrN2O4/c1-2-3-17(12-8-21-7-11(12)14(19)20)13(18)9-4-10(15)6-16-5-9/h4-6,11-12H,2-3,7-8H2,1H3,(H,19,20). The molecule has 0 bridgehead atoms. The van der Waals surface area contributed by atoms with Crippen LogP contribution in [0.25, 0.3) is 0 Å². The zero-order chi connectivity index (χ0) is 15.4. The number of aromatic nitrogens is 1. The smallest absolute Gasteiger partial charge is 0.311 e. The van der Waals surface area contributed by atoms with E-state index in [1.165, 1.54) is 6.20 Å². The molecule has 1 aliphatic rings. The lowest BCUT2D eigenvalue weighted by atomic mass is 10.0. The van der Waals surface area contributed by atoms with Gasteiger partial charge >= 0.3 is 5.97 Å². The first-order valence-electron chi connectivity index (χ1n) is 6.76. The molecule has 0 spiro atoms. The van der Waals surface area contributed by atoms with E-state index in [-0.39, 0.29) is 19.1 Å². The van der Waals surface area contributed by atoms with Gasteiger partial charge in [-0.25, -0.2) is 0 Å². The third-order valence-corrected chi connectivity index (χ3v) is 3.88. The van der Waals surface area contributed by atoms with E-state index in [4.69, 9.17) is 4.74 Å². The fraction of sp³-hybridized carbons (Fsp3) is 0.500. The minimum Gasteiger partial charge on any atom is -0.481 e. The van der Waals surface area contributed by atoms with Crippen LogP contribution in [-0.4, -0.2) is 52.7 Å². The van der Waals surface area contributed by atoms with Crippen molar-refractivity contribution in [1.82, 2.24) is 9.88 Å². The van der Waals surface area contributed by atoms with E-state index in [1.54, 1.807) is 17.2 Å². The maximum Gasteiger partial charge on any atom is 0.311 e. The van der Waals surface area contributed by atoms with Crippen molar-refractivity contribution in [3.05, 3.63) is 28.5 Å². The predicted molar refractivity (Wildman–Crippen MR) is 79.0 cm³/mol.